The molecule has 1 fully saturated rings. The van der Waals surface area contributed by atoms with E-state index < -0.39 is 22.9 Å². The maximum absolute atomic E-state index is 12.8. The molecule has 36 heavy (non-hydrogen) atoms. The predicted octanol–water partition coefficient (Wildman–Crippen LogP) is 4.31. The Labute approximate surface area is 213 Å². The zero-order valence-corrected chi connectivity index (χ0v) is 21.8. The van der Waals surface area contributed by atoms with Crippen molar-refractivity contribution >= 4 is 46.3 Å². The minimum Gasteiger partial charge on any atom is -0.497 e. The second kappa shape index (κ2) is 10.9. The third-order valence-electron chi connectivity index (χ3n) is 5.02. The lowest BCUT2D eigenvalue weighted by Gasteiger charge is -2.29. The van der Waals surface area contributed by atoms with Crippen molar-refractivity contribution < 1.29 is 33.5 Å². The van der Waals surface area contributed by atoms with Crippen LogP contribution < -0.4 is 24.9 Å². The number of benzene rings is 2. The highest BCUT2D eigenvalue weighted by atomic mass is 32.2. The number of methoxy groups -OCH3 is 1. The van der Waals surface area contributed by atoms with Crippen molar-refractivity contribution in [2.45, 2.75) is 45.0 Å². The quantitative estimate of drug-likeness (QED) is 0.543. The Morgan fingerprint density at radius 3 is 2.19 bits per heavy atom. The lowest BCUT2D eigenvalue weighted by Crippen LogP contribution is -2.37. The van der Waals surface area contributed by atoms with Gasteiger partial charge in [0.2, 0.25) is 5.91 Å². The number of imide groups is 1. The van der Waals surface area contributed by atoms with Gasteiger partial charge in [0.1, 0.15) is 17.0 Å². The van der Waals surface area contributed by atoms with Crippen LogP contribution in [0.3, 0.4) is 0 Å². The van der Waals surface area contributed by atoms with Crippen molar-refractivity contribution in [3.8, 4) is 11.5 Å². The molecule has 0 spiro atoms. The number of carbonyl (C=O) groups is 4. The fourth-order valence-corrected chi connectivity index (χ4v) is 4.18. The van der Waals surface area contributed by atoms with Crippen LogP contribution in [0, 0.1) is 0 Å². The SMILES string of the molecule is COc1ccc(N(Oc2ccc(CC3SC(=O)NC3=O)cc2)C(C)=O)c(N(C)C(=O)OC(C)(C)C)c1. The molecule has 0 saturated carbocycles. The molecule has 1 aliphatic heterocycles. The molecule has 1 unspecified atom stereocenters. The van der Waals surface area contributed by atoms with Gasteiger partial charge in [-0.3, -0.25) is 24.6 Å². The molecule has 1 heterocycles. The highest BCUT2D eigenvalue weighted by Gasteiger charge is 2.31. The summed E-state index contributed by atoms with van der Waals surface area (Å²) in [7, 11) is 3.03. The number of nitrogens with one attached hydrogen (secondary N) is 1. The van der Waals surface area contributed by atoms with E-state index in [2.05, 4.69) is 5.32 Å². The van der Waals surface area contributed by atoms with Crippen LogP contribution in [-0.4, -0.2) is 48.2 Å². The van der Waals surface area contributed by atoms with E-state index in [1.165, 1.54) is 26.0 Å². The van der Waals surface area contributed by atoms with Crippen molar-refractivity contribution in [2.24, 2.45) is 0 Å². The molecule has 1 aliphatic rings. The third-order valence-corrected chi connectivity index (χ3v) is 6.01. The number of thioether (sulfide) groups is 1. The van der Waals surface area contributed by atoms with Gasteiger partial charge in [0.05, 0.1) is 18.0 Å². The van der Waals surface area contributed by atoms with Crippen LogP contribution in [0.4, 0.5) is 21.0 Å². The Morgan fingerprint density at radius 2 is 1.67 bits per heavy atom. The highest BCUT2D eigenvalue weighted by Crippen LogP contribution is 2.35. The van der Waals surface area contributed by atoms with E-state index in [9.17, 15) is 19.2 Å². The molecule has 1 N–H and O–H groups in total. The molecule has 4 amide bonds. The van der Waals surface area contributed by atoms with E-state index in [0.29, 0.717) is 29.3 Å². The minimum atomic E-state index is -0.714. The normalized spacial score (nSPS) is 15.2. The summed E-state index contributed by atoms with van der Waals surface area (Å²) in [6.07, 6.45) is -0.237. The van der Waals surface area contributed by atoms with Gasteiger partial charge in [-0.15, -0.1) is 5.06 Å². The van der Waals surface area contributed by atoms with Crippen LogP contribution in [0.2, 0.25) is 0 Å². The molecule has 2 aromatic rings. The Balaban J connectivity index is 1.85. The Morgan fingerprint density at radius 1 is 1.03 bits per heavy atom. The van der Waals surface area contributed by atoms with E-state index in [1.807, 2.05) is 0 Å². The standard InChI is InChI=1S/C25H29N3O7S/c1-15(29)28(35-17-9-7-16(8-10-17)13-21-22(30)26-23(31)36-21)19-12-11-18(33-6)14-20(19)27(5)24(32)34-25(2,3)4/h7-12,14,21H,13H2,1-6H3,(H,26,30,31). The van der Waals surface area contributed by atoms with Gasteiger partial charge in [-0.25, -0.2) is 4.79 Å². The van der Waals surface area contributed by atoms with Crippen molar-refractivity contribution in [3.05, 3.63) is 48.0 Å². The van der Waals surface area contributed by atoms with Gasteiger partial charge < -0.3 is 14.3 Å². The fraction of sp³-hybridized carbons (Fsp3) is 0.360. The summed E-state index contributed by atoms with van der Waals surface area (Å²) in [5, 5.41) is 2.51. The Hall–Kier alpha value is -3.73. The summed E-state index contributed by atoms with van der Waals surface area (Å²) < 4.78 is 10.8. The summed E-state index contributed by atoms with van der Waals surface area (Å²) in [5.74, 6) is 0.0920. The van der Waals surface area contributed by atoms with Crippen LogP contribution in [0.15, 0.2) is 42.5 Å². The van der Waals surface area contributed by atoms with E-state index >= 15 is 0 Å². The van der Waals surface area contributed by atoms with Crippen molar-refractivity contribution in [2.75, 3.05) is 24.1 Å². The molecule has 0 aliphatic carbocycles. The van der Waals surface area contributed by atoms with Crippen molar-refractivity contribution in [1.82, 2.24) is 5.32 Å². The second-order valence-electron chi connectivity index (χ2n) is 9.03. The van der Waals surface area contributed by atoms with Crippen molar-refractivity contribution in [1.29, 1.82) is 0 Å². The number of hydrogen-bond donors (Lipinski definition) is 1. The summed E-state index contributed by atoms with van der Waals surface area (Å²) >= 11 is 0.961. The van der Waals surface area contributed by atoms with Crippen LogP contribution in [0.5, 0.6) is 11.5 Å². The molecule has 2 aromatic carbocycles. The monoisotopic (exact) mass is 515 g/mol. The largest absolute Gasteiger partial charge is 0.497 e. The topological polar surface area (TPSA) is 114 Å². The average molecular weight is 516 g/mol. The van der Waals surface area contributed by atoms with E-state index in [1.54, 1.807) is 63.2 Å². The van der Waals surface area contributed by atoms with Crippen LogP contribution in [0.1, 0.15) is 33.3 Å². The molecular formula is C25H29N3O7S. The second-order valence-corrected chi connectivity index (χ2v) is 10.2. The number of hydroxylamine groups is 1. The van der Waals surface area contributed by atoms with Crippen LogP contribution in [-0.2, 0) is 20.7 Å². The first-order valence-corrected chi connectivity index (χ1v) is 12.0. The molecule has 192 valence electrons. The lowest BCUT2D eigenvalue weighted by atomic mass is 10.1. The molecule has 0 aromatic heterocycles. The minimum absolute atomic E-state index is 0.304. The molecule has 10 nitrogen and oxygen atoms in total. The number of ether oxygens (including phenoxy) is 2. The van der Waals surface area contributed by atoms with Gasteiger partial charge in [0.25, 0.3) is 11.1 Å². The van der Waals surface area contributed by atoms with Gasteiger partial charge in [0.15, 0.2) is 5.75 Å². The zero-order valence-electron chi connectivity index (χ0n) is 21.0. The van der Waals surface area contributed by atoms with Gasteiger partial charge in [-0.05, 0) is 57.0 Å². The molecule has 0 bridgehead atoms. The fourth-order valence-electron chi connectivity index (χ4n) is 3.32. The van der Waals surface area contributed by atoms with Crippen LogP contribution >= 0.6 is 11.8 Å². The van der Waals surface area contributed by atoms with E-state index in [-0.39, 0.29) is 11.1 Å². The number of amides is 4. The first-order chi connectivity index (χ1) is 16.9. The smallest absolute Gasteiger partial charge is 0.414 e. The summed E-state index contributed by atoms with van der Waals surface area (Å²) in [4.78, 5) is 55.7. The van der Waals surface area contributed by atoms with E-state index in [4.69, 9.17) is 14.3 Å². The highest BCUT2D eigenvalue weighted by molar-refractivity contribution is 8.15. The number of nitrogens with zero attached hydrogens (tertiary/aromatic N) is 2. The number of carbonyl (C=O) groups excluding carboxylic acids is 4. The van der Waals surface area contributed by atoms with Gasteiger partial charge in [-0.1, -0.05) is 23.9 Å². The van der Waals surface area contributed by atoms with Crippen LogP contribution in [0.25, 0.3) is 0 Å². The molecule has 1 saturated heterocycles. The number of hydrogen-bond acceptors (Lipinski definition) is 8. The molecular weight excluding hydrogens is 486 g/mol. The average Bonchev–Trinajstić information content (AvgIpc) is 3.12. The zero-order chi connectivity index (χ0) is 26.6. The van der Waals surface area contributed by atoms with Gasteiger partial charge in [-0.2, -0.15) is 0 Å². The third kappa shape index (κ3) is 6.69. The van der Waals surface area contributed by atoms with Gasteiger partial charge in [0, 0.05) is 20.0 Å². The predicted molar refractivity (Wildman–Crippen MR) is 136 cm³/mol. The maximum atomic E-state index is 12.8. The number of rotatable bonds is 7. The lowest BCUT2D eigenvalue weighted by molar-refractivity contribution is -0.120. The Bertz CT molecular complexity index is 1160. The maximum Gasteiger partial charge on any atom is 0.414 e. The van der Waals surface area contributed by atoms with Crippen molar-refractivity contribution in [3.63, 3.8) is 0 Å². The number of anilines is 2. The summed E-state index contributed by atoms with van der Waals surface area (Å²) in [5.41, 5.74) is 0.755. The molecule has 0 radical (unpaired) electrons. The molecule has 1 atom stereocenters. The van der Waals surface area contributed by atoms with E-state index in [0.717, 1.165) is 22.4 Å². The summed E-state index contributed by atoms with van der Waals surface area (Å²) in [6, 6.07) is 11.7. The summed E-state index contributed by atoms with van der Waals surface area (Å²) in [6.45, 7) is 6.61. The molecule has 3 rings (SSSR count). The first-order valence-electron chi connectivity index (χ1n) is 11.1. The van der Waals surface area contributed by atoms with Gasteiger partial charge >= 0.3 is 6.09 Å². The molecule has 11 heteroatoms. The Kier molecular flexibility index (Phi) is 8.13. The first kappa shape index (κ1) is 26.9.